The first-order valence-corrected chi connectivity index (χ1v) is 4.45. The molecule has 0 saturated heterocycles. The number of nitrogens with zero attached hydrogens (tertiary/aromatic N) is 1. The van der Waals surface area contributed by atoms with Crippen molar-refractivity contribution < 1.29 is 14.3 Å². The topological polar surface area (TPSA) is 67.8 Å². The van der Waals surface area contributed by atoms with E-state index in [2.05, 4.69) is 5.16 Å². The lowest BCUT2D eigenvalue weighted by Crippen LogP contribution is -2.31. The third-order valence-corrected chi connectivity index (χ3v) is 1.97. The van der Waals surface area contributed by atoms with Crippen LogP contribution in [0.4, 0.5) is 4.39 Å². The van der Waals surface area contributed by atoms with Gasteiger partial charge in [0.1, 0.15) is 11.6 Å². The number of hydrogen-bond donors (Lipinski definition) is 2. The van der Waals surface area contributed by atoms with Crippen LogP contribution in [0.1, 0.15) is 12.5 Å². The Hall–Kier alpha value is -1.78. The molecule has 0 aromatic heterocycles. The summed E-state index contributed by atoms with van der Waals surface area (Å²) >= 11 is 0. The van der Waals surface area contributed by atoms with Gasteiger partial charge in [0.2, 0.25) is 0 Å². The van der Waals surface area contributed by atoms with E-state index in [1.54, 1.807) is 13.8 Å². The molecule has 82 valence electrons. The van der Waals surface area contributed by atoms with E-state index in [0.29, 0.717) is 11.3 Å². The van der Waals surface area contributed by atoms with E-state index in [0.717, 1.165) is 0 Å². The summed E-state index contributed by atoms with van der Waals surface area (Å²) in [5.74, 6) is 0.158. The van der Waals surface area contributed by atoms with E-state index in [4.69, 9.17) is 15.7 Å². The van der Waals surface area contributed by atoms with Gasteiger partial charge in [-0.15, -0.1) is 0 Å². The third-order valence-electron chi connectivity index (χ3n) is 1.97. The maximum atomic E-state index is 12.8. The molecule has 1 atom stereocenters. The minimum atomic E-state index is -0.556. The summed E-state index contributed by atoms with van der Waals surface area (Å²) in [5.41, 5.74) is 6.01. The van der Waals surface area contributed by atoms with Crippen molar-refractivity contribution in [2.75, 3.05) is 0 Å². The van der Waals surface area contributed by atoms with Crippen molar-refractivity contribution in [1.82, 2.24) is 0 Å². The predicted molar refractivity (Wildman–Crippen MR) is 54.6 cm³/mol. The molecule has 0 aliphatic rings. The standard InChI is InChI=1S/C10H13FN2O2/c1-6-5-8(11)3-4-9(6)15-7(2)10(12)13-14/h3-5,7,14H,1-2H3,(H2,12,13). The van der Waals surface area contributed by atoms with Gasteiger partial charge in [0.15, 0.2) is 11.9 Å². The Bertz CT molecular complexity index is 380. The second-order valence-electron chi connectivity index (χ2n) is 3.19. The van der Waals surface area contributed by atoms with E-state index in [1.165, 1.54) is 18.2 Å². The molecule has 4 nitrogen and oxygen atoms in total. The SMILES string of the molecule is Cc1cc(F)ccc1OC(C)/C(N)=N/O. The fourth-order valence-corrected chi connectivity index (χ4v) is 1.08. The highest BCUT2D eigenvalue weighted by molar-refractivity contribution is 5.84. The Labute approximate surface area is 87.2 Å². The molecule has 0 spiro atoms. The molecule has 0 aliphatic carbocycles. The van der Waals surface area contributed by atoms with Crippen molar-refractivity contribution in [3.05, 3.63) is 29.6 Å². The molecule has 1 aromatic rings. The monoisotopic (exact) mass is 212 g/mol. The van der Waals surface area contributed by atoms with Crippen molar-refractivity contribution in [2.45, 2.75) is 20.0 Å². The number of rotatable bonds is 3. The highest BCUT2D eigenvalue weighted by atomic mass is 19.1. The zero-order valence-corrected chi connectivity index (χ0v) is 8.57. The lowest BCUT2D eigenvalue weighted by atomic mass is 10.2. The van der Waals surface area contributed by atoms with E-state index in [-0.39, 0.29) is 11.7 Å². The Kier molecular flexibility index (Phi) is 3.49. The van der Waals surface area contributed by atoms with Crippen molar-refractivity contribution in [3.63, 3.8) is 0 Å². The molecular weight excluding hydrogens is 199 g/mol. The van der Waals surface area contributed by atoms with Crippen LogP contribution in [0.2, 0.25) is 0 Å². The van der Waals surface area contributed by atoms with Gasteiger partial charge in [-0.25, -0.2) is 4.39 Å². The molecule has 1 rings (SSSR count). The fraction of sp³-hybridized carbons (Fsp3) is 0.300. The minimum absolute atomic E-state index is 0.0290. The van der Waals surface area contributed by atoms with Gasteiger partial charge in [0, 0.05) is 0 Å². The normalized spacial score (nSPS) is 13.7. The Balaban J connectivity index is 2.81. The average molecular weight is 212 g/mol. The first-order valence-electron chi connectivity index (χ1n) is 4.45. The molecule has 0 amide bonds. The Morgan fingerprint density at radius 3 is 2.80 bits per heavy atom. The van der Waals surface area contributed by atoms with Crippen molar-refractivity contribution in [1.29, 1.82) is 0 Å². The maximum Gasteiger partial charge on any atom is 0.180 e. The zero-order valence-electron chi connectivity index (χ0n) is 8.57. The van der Waals surface area contributed by atoms with Gasteiger partial charge in [-0.05, 0) is 37.6 Å². The zero-order chi connectivity index (χ0) is 11.4. The second-order valence-corrected chi connectivity index (χ2v) is 3.19. The molecule has 0 aliphatic heterocycles. The van der Waals surface area contributed by atoms with Gasteiger partial charge in [0.25, 0.3) is 0 Å². The minimum Gasteiger partial charge on any atom is -0.482 e. The lowest BCUT2D eigenvalue weighted by Gasteiger charge is -2.14. The number of amidine groups is 1. The van der Waals surface area contributed by atoms with Crippen molar-refractivity contribution in [2.24, 2.45) is 10.9 Å². The van der Waals surface area contributed by atoms with Crippen LogP contribution >= 0.6 is 0 Å². The van der Waals surface area contributed by atoms with Gasteiger partial charge in [-0.2, -0.15) is 0 Å². The molecule has 3 N–H and O–H groups in total. The highest BCUT2D eigenvalue weighted by Crippen LogP contribution is 2.19. The van der Waals surface area contributed by atoms with E-state index >= 15 is 0 Å². The van der Waals surface area contributed by atoms with Crippen LogP contribution in [-0.4, -0.2) is 17.1 Å². The number of hydrogen-bond acceptors (Lipinski definition) is 3. The Morgan fingerprint density at radius 2 is 2.27 bits per heavy atom. The van der Waals surface area contributed by atoms with Crippen LogP contribution in [0.15, 0.2) is 23.4 Å². The van der Waals surface area contributed by atoms with Gasteiger partial charge in [-0.1, -0.05) is 5.16 Å². The molecular formula is C10H13FN2O2. The predicted octanol–water partition coefficient (Wildman–Crippen LogP) is 1.65. The van der Waals surface area contributed by atoms with Crippen LogP contribution < -0.4 is 10.5 Å². The molecule has 15 heavy (non-hydrogen) atoms. The molecule has 0 fully saturated rings. The molecule has 0 heterocycles. The molecule has 1 aromatic carbocycles. The molecule has 0 radical (unpaired) electrons. The van der Waals surface area contributed by atoms with Gasteiger partial charge < -0.3 is 15.7 Å². The van der Waals surface area contributed by atoms with Gasteiger partial charge in [-0.3, -0.25) is 0 Å². The summed E-state index contributed by atoms with van der Waals surface area (Å²) in [6.45, 7) is 3.36. The van der Waals surface area contributed by atoms with Crippen LogP contribution in [0.3, 0.4) is 0 Å². The first kappa shape index (κ1) is 11.3. The summed E-state index contributed by atoms with van der Waals surface area (Å²) in [6.07, 6.45) is -0.556. The summed E-state index contributed by atoms with van der Waals surface area (Å²) in [6, 6.07) is 4.15. The number of oxime groups is 1. The summed E-state index contributed by atoms with van der Waals surface area (Å²) in [7, 11) is 0. The Morgan fingerprint density at radius 1 is 1.60 bits per heavy atom. The number of ether oxygens (including phenoxy) is 1. The number of nitrogens with two attached hydrogens (primary N) is 1. The van der Waals surface area contributed by atoms with Crippen LogP contribution in [0.5, 0.6) is 5.75 Å². The highest BCUT2D eigenvalue weighted by Gasteiger charge is 2.10. The molecule has 1 unspecified atom stereocenters. The summed E-state index contributed by atoms with van der Waals surface area (Å²) in [5, 5.41) is 11.2. The molecule has 0 bridgehead atoms. The van der Waals surface area contributed by atoms with Crippen LogP contribution in [-0.2, 0) is 0 Å². The van der Waals surface area contributed by atoms with E-state index < -0.39 is 6.10 Å². The number of halogens is 1. The number of aryl methyl sites for hydroxylation is 1. The quantitative estimate of drug-likeness (QED) is 0.346. The first-order chi connectivity index (χ1) is 7.04. The third kappa shape index (κ3) is 2.83. The molecule has 0 saturated carbocycles. The maximum absolute atomic E-state index is 12.8. The van der Waals surface area contributed by atoms with Crippen LogP contribution in [0, 0.1) is 12.7 Å². The molecule has 5 heteroatoms. The van der Waals surface area contributed by atoms with E-state index in [1.807, 2.05) is 0 Å². The largest absolute Gasteiger partial charge is 0.482 e. The average Bonchev–Trinajstić information content (AvgIpc) is 2.20. The number of benzene rings is 1. The van der Waals surface area contributed by atoms with Crippen LogP contribution in [0.25, 0.3) is 0 Å². The summed E-state index contributed by atoms with van der Waals surface area (Å²) in [4.78, 5) is 0. The van der Waals surface area contributed by atoms with Crippen molar-refractivity contribution in [3.8, 4) is 5.75 Å². The fourth-order valence-electron chi connectivity index (χ4n) is 1.08. The summed E-state index contributed by atoms with van der Waals surface area (Å²) < 4.78 is 18.1. The second kappa shape index (κ2) is 4.63. The van der Waals surface area contributed by atoms with Gasteiger partial charge in [0.05, 0.1) is 0 Å². The van der Waals surface area contributed by atoms with E-state index in [9.17, 15) is 4.39 Å². The lowest BCUT2D eigenvalue weighted by molar-refractivity contribution is 0.264. The van der Waals surface area contributed by atoms with Gasteiger partial charge >= 0.3 is 0 Å². The smallest absolute Gasteiger partial charge is 0.180 e. The van der Waals surface area contributed by atoms with Crippen molar-refractivity contribution >= 4 is 5.84 Å².